The summed E-state index contributed by atoms with van der Waals surface area (Å²) < 4.78 is 5.03. The monoisotopic (exact) mass is 217 g/mol. The zero-order valence-corrected chi connectivity index (χ0v) is 9.45. The van der Waals surface area contributed by atoms with Crippen LogP contribution in [0.3, 0.4) is 0 Å². The number of hydrogen-bond donors (Lipinski definition) is 2. The van der Waals surface area contributed by atoms with E-state index in [0.717, 1.165) is 0 Å². The Hall–Kier alpha value is -0.940. The molecule has 0 aromatic heterocycles. The summed E-state index contributed by atoms with van der Waals surface area (Å²) in [6.07, 6.45) is 0.297. The molecule has 3 N–H and O–H groups in total. The number of esters is 1. The highest BCUT2D eigenvalue weighted by molar-refractivity contribution is 5.81. The van der Waals surface area contributed by atoms with Gasteiger partial charge in [0.2, 0.25) is 0 Å². The van der Waals surface area contributed by atoms with Gasteiger partial charge in [0.05, 0.1) is 0 Å². The Balaban J connectivity index is 3.95. The lowest BCUT2D eigenvalue weighted by atomic mass is 10.1. The van der Waals surface area contributed by atoms with Gasteiger partial charge < -0.3 is 15.6 Å². The van der Waals surface area contributed by atoms with Crippen molar-refractivity contribution >= 4 is 11.8 Å². The maximum atomic E-state index is 11.3. The summed E-state index contributed by atoms with van der Waals surface area (Å²) in [5.41, 5.74) is 4.95. The molecule has 0 heterocycles. The van der Waals surface area contributed by atoms with E-state index in [1.54, 1.807) is 20.8 Å². The van der Waals surface area contributed by atoms with Crippen LogP contribution in [0.2, 0.25) is 0 Å². The predicted octanol–water partition coefficient (Wildman–Crippen LogP) is -0.00300. The van der Waals surface area contributed by atoms with Crippen molar-refractivity contribution in [2.45, 2.75) is 45.3 Å². The van der Waals surface area contributed by atoms with E-state index in [1.165, 1.54) is 0 Å². The molecule has 1 atom stereocenters. The molecule has 0 spiro atoms. The van der Waals surface area contributed by atoms with Gasteiger partial charge in [0, 0.05) is 6.42 Å². The molecule has 0 aromatic carbocycles. The number of rotatable bonds is 5. The maximum Gasteiger partial charge on any atom is 0.323 e. The van der Waals surface area contributed by atoms with Gasteiger partial charge in [0.25, 0.3) is 0 Å². The Kier molecular flexibility index (Phi) is 5.46. The molecule has 0 radical (unpaired) electrons. The van der Waals surface area contributed by atoms with E-state index in [-0.39, 0.29) is 18.6 Å². The van der Waals surface area contributed by atoms with Crippen molar-refractivity contribution in [1.29, 1.82) is 0 Å². The van der Waals surface area contributed by atoms with Crippen LogP contribution in [-0.2, 0) is 14.3 Å². The molecule has 0 aromatic rings. The lowest BCUT2D eigenvalue weighted by Gasteiger charge is -2.21. The summed E-state index contributed by atoms with van der Waals surface area (Å²) in [5.74, 6) is -0.845. The number of ketones is 1. The molecule has 0 rings (SSSR count). The molecular formula is C10H19NO4. The molecular weight excluding hydrogens is 198 g/mol. The quantitative estimate of drug-likeness (QED) is 0.632. The lowest BCUT2D eigenvalue weighted by molar-refractivity contribution is -0.156. The lowest BCUT2D eigenvalue weighted by Crippen LogP contribution is -2.37. The fourth-order valence-electron chi connectivity index (χ4n) is 0.891. The Morgan fingerprint density at radius 2 is 1.93 bits per heavy atom. The van der Waals surface area contributed by atoms with Crippen LogP contribution < -0.4 is 5.73 Å². The summed E-state index contributed by atoms with van der Waals surface area (Å²) in [6.45, 7) is 4.73. The second-order valence-electron chi connectivity index (χ2n) is 4.38. The Labute approximate surface area is 89.6 Å². The van der Waals surface area contributed by atoms with Crippen LogP contribution in [0.5, 0.6) is 0 Å². The topological polar surface area (TPSA) is 89.6 Å². The highest BCUT2D eigenvalue weighted by atomic mass is 16.6. The third-order valence-electron chi connectivity index (χ3n) is 1.62. The van der Waals surface area contributed by atoms with Crippen LogP contribution in [0.1, 0.15) is 33.6 Å². The van der Waals surface area contributed by atoms with Crippen molar-refractivity contribution in [1.82, 2.24) is 0 Å². The summed E-state index contributed by atoms with van der Waals surface area (Å²) >= 11 is 0. The van der Waals surface area contributed by atoms with Gasteiger partial charge in [-0.25, -0.2) is 0 Å². The van der Waals surface area contributed by atoms with E-state index < -0.39 is 24.2 Å². The van der Waals surface area contributed by atoms with Crippen LogP contribution in [0.4, 0.5) is 0 Å². The van der Waals surface area contributed by atoms with Gasteiger partial charge in [0.15, 0.2) is 5.78 Å². The van der Waals surface area contributed by atoms with E-state index in [1.807, 2.05) is 0 Å². The third-order valence-corrected chi connectivity index (χ3v) is 1.62. The molecule has 5 nitrogen and oxygen atoms in total. The fourth-order valence-corrected chi connectivity index (χ4v) is 0.891. The van der Waals surface area contributed by atoms with Gasteiger partial charge >= 0.3 is 5.97 Å². The highest BCUT2D eigenvalue weighted by Gasteiger charge is 2.22. The van der Waals surface area contributed by atoms with Crippen molar-refractivity contribution in [3.63, 3.8) is 0 Å². The smallest absolute Gasteiger partial charge is 0.323 e. The molecule has 5 heteroatoms. The van der Waals surface area contributed by atoms with E-state index in [4.69, 9.17) is 15.6 Å². The Morgan fingerprint density at radius 1 is 1.40 bits per heavy atom. The normalized spacial score (nSPS) is 13.4. The number of aliphatic hydroxyl groups is 1. The SMILES string of the molecule is CC(C)(C)OC(=O)C(N)CCC(=O)CO. The molecule has 0 saturated carbocycles. The molecule has 15 heavy (non-hydrogen) atoms. The van der Waals surface area contributed by atoms with Crippen LogP contribution in [-0.4, -0.2) is 35.1 Å². The van der Waals surface area contributed by atoms with Crippen LogP contribution >= 0.6 is 0 Å². The number of carbonyl (C=O) groups excluding carboxylic acids is 2. The van der Waals surface area contributed by atoms with Gasteiger partial charge in [-0.3, -0.25) is 9.59 Å². The van der Waals surface area contributed by atoms with E-state index in [0.29, 0.717) is 0 Å². The second-order valence-corrected chi connectivity index (χ2v) is 4.38. The standard InChI is InChI=1S/C10H19NO4/c1-10(2,3)15-9(14)8(11)5-4-7(13)6-12/h8,12H,4-6,11H2,1-3H3. The minimum Gasteiger partial charge on any atom is -0.459 e. The van der Waals surface area contributed by atoms with Gasteiger partial charge in [-0.2, -0.15) is 0 Å². The van der Waals surface area contributed by atoms with Crippen LogP contribution in [0.25, 0.3) is 0 Å². The van der Waals surface area contributed by atoms with Crippen molar-refractivity contribution in [3.05, 3.63) is 0 Å². The van der Waals surface area contributed by atoms with Crippen molar-refractivity contribution < 1.29 is 19.4 Å². The second kappa shape index (κ2) is 5.82. The molecule has 0 aliphatic heterocycles. The summed E-state index contributed by atoms with van der Waals surface area (Å²) in [6, 6.07) is -0.806. The number of nitrogens with two attached hydrogens (primary N) is 1. The van der Waals surface area contributed by atoms with Crippen LogP contribution in [0, 0.1) is 0 Å². The first-order valence-electron chi connectivity index (χ1n) is 4.87. The number of aliphatic hydroxyl groups excluding tert-OH is 1. The summed E-state index contributed by atoms with van der Waals surface area (Å²) in [4.78, 5) is 22.1. The minimum absolute atomic E-state index is 0.0942. The number of carbonyl (C=O) groups is 2. The van der Waals surface area contributed by atoms with Gasteiger partial charge in [-0.1, -0.05) is 0 Å². The van der Waals surface area contributed by atoms with E-state index >= 15 is 0 Å². The molecule has 0 bridgehead atoms. The van der Waals surface area contributed by atoms with Crippen LogP contribution in [0.15, 0.2) is 0 Å². The largest absolute Gasteiger partial charge is 0.459 e. The van der Waals surface area contributed by atoms with Gasteiger partial charge in [-0.15, -0.1) is 0 Å². The highest BCUT2D eigenvalue weighted by Crippen LogP contribution is 2.09. The first kappa shape index (κ1) is 14.1. The first-order valence-corrected chi connectivity index (χ1v) is 4.87. The minimum atomic E-state index is -0.806. The van der Waals surface area contributed by atoms with Crippen molar-refractivity contribution in [2.75, 3.05) is 6.61 Å². The molecule has 88 valence electrons. The number of ether oxygens (including phenoxy) is 1. The third kappa shape index (κ3) is 7.04. The van der Waals surface area contributed by atoms with Crippen molar-refractivity contribution in [2.24, 2.45) is 5.73 Å². The fraction of sp³-hybridized carbons (Fsp3) is 0.800. The zero-order valence-electron chi connectivity index (χ0n) is 9.45. The van der Waals surface area contributed by atoms with Gasteiger partial charge in [-0.05, 0) is 27.2 Å². The maximum absolute atomic E-state index is 11.3. The average molecular weight is 217 g/mol. The summed E-state index contributed by atoms with van der Waals surface area (Å²) in [5, 5.41) is 8.47. The molecule has 0 amide bonds. The molecule has 0 aliphatic carbocycles. The molecule has 1 unspecified atom stereocenters. The van der Waals surface area contributed by atoms with E-state index in [2.05, 4.69) is 0 Å². The van der Waals surface area contributed by atoms with Gasteiger partial charge in [0.1, 0.15) is 18.2 Å². The number of hydrogen-bond acceptors (Lipinski definition) is 5. The Bertz CT molecular complexity index is 232. The molecule has 0 aliphatic rings. The number of Topliss-reactive ketones (excluding diaryl/α,β-unsaturated/α-hetero) is 1. The molecule has 0 fully saturated rings. The van der Waals surface area contributed by atoms with Crippen molar-refractivity contribution in [3.8, 4) is 0 Å². The zero-order chi connectivity index (χ0) is 12.1. The summed E-state index contributed by atoms with van der Waals surface area (Å²) in [7, 11) is 0. The average Bonchev–Trinajstić information content (AvgIpc) is 2.10. The molecule has 0 saturated heterocycles. The Morgan fingerprint density at radius 3 is 2.33 bits per heavy atom. The predicted molar refractivity (Wildman–Crippen MR) is 55.1 cm³/mol. The van der Waals surface area contributed by atoms with E-state index in [9.17, 15) is 9.59 Å². The first-order chi connectivity index (χ1) is 6.76.